The lowest BCUT2D eigenvalue weighted by Crippen LogP contribution is -2.49. The van der Waals surface area contributed by atoms with E-state index in [-0.39, 0.29) is 22.8 Å². The second-order valence-corrected chi connectivity index (χ2v) is 11.2. The number of aryl methyl sites for hydroxylation is 2. The van der Waals surface area contributed by atoms with Gasteiger partial charge in [-0.1, -0.05) is 0 Å². The Morgan fingerprint density at radius 2 is 1.65 bits per heavy atom. The van der Waals surface area contributed by atoms with Gasteiger partial charge in [0.05, 0.1) is 11.4 Å². The standard InChI is InChI=1S/C23H32FN3O3S/c1-16-13-19(7-8-21(16)24)31(29,30)26-11-9-25(10-12-26)15-22(28)20-14-17(2)27(18(20)3)23(4,5)6/h7-8,13-14H,9-12,15H2,1-6H3. The van der Waals surface area contributed by atoms with Crippen LogP contribution in [0.5, 0.6) is 0 Å². The molecule has 1 saturated heterocycles. The molecule has 1 aliphatic heterocycles. The molecule has 31 heavy (non-hydrogen) atoms. The quantitative estimate of drug-likeness (QED) is 0.656. The number of halogens is 1. The Kier molecular flexibility index (Phi) is 6.47. The van der Waals surface area contributed by atoms with Crippen LogP contribution in [0.2, 0.25) is 0 Å². The summed E-state index contributed by atoms with van der Waals surface area (Å²) in [6.45, 7) is 13.7. The fourth-order valence-electron chi connectivity index (χ4n) is 4.42. The number of rotatable bonds is 5. The van der Waals surface area contributed by atoms with E-state index in [1.54, 1.807) is 6.92 Å². The van der Waals surface area contributed by atoms with Gasteiger partial charge < -0.3 is 4.57 Å². The third kappa shape index (κ3) is 4.76. The number of piperazine rings is 1. The number of carbonyl (C=O) groups excluding carboxylic acids is 1. The first-order valence-corrected chi connectivity index (χ1v) is 12.0. The molecule has 1 aromatic carbocycles. The highest BCUT2D eigenvalue weighted by atomic mass is 32.2. The average Bonchev–Trinajstić information content (AvgIpc) is 2.98. The second-order valence-electron chi connectivity index (χ2n) is 9.31. The van der Waals surface area contributed by atoms with Gasteiger partial charge >= 0.3 is 0 Å². The third-order valence-electron chi connectivity index (χ3n) is 5.87. The molecule has 0 radical (unpaired) electrons. The molecule has 3 rings (SSSR count). The van der Waals surface area contributed by atoms with Crippen LogP contribution in [0.25, 0.3) is 0 Å². The second kappa shape index (κ2) is 8.48. The molecule has 0 saturated carbocycles. The van der Waals surface area contributed by atoms with Gasteiger partial charge in [-0.25, -0.2) is 12.8 Å². The average molecular weight is 450 g/mol. The Balaban J connectivity index is 1.67. The number of sulfonamides is 1. The monoisotopic (exact) mass is 449 g/mol. The molecule has 170 valence electrons. The summed E-state index contributed by atoms with van der Waals surface area (Å²) in [5.74, 6) is -0.373. The van der Waals surface area contributed by atoms with Gasteiger partial charge in [-0.05, 0) is 71.4 Å². The van der Waals surface area contributed by atoms with Crippen molar-refractivity contribution in [3.63, 3.8) is 0 Å². The van der Waals surface area contributed by atoms with Crippen molar-refractivity contribution in [1.82, 2.24) is 13.8 Å². The van der Waals surface area contributed by atoms with Gasteiger partial charge in [0.2, 0.25) is 10.0 Å². The number of nitrogens with zero attached hydrogens (tertiary/aromatic N) is 3. The Bertz CT molecular complexity index is 1090. The molecule has 0 atom stereocenters. The van der Waals surface area contributed by atoms with Crippen LogP contribution in [0, 0.1) is 26.6 Å². The predicted octanol–water partition coefficient (Wildman–Crippen LogP) is 3.50. The lowest BCUT2D eigenvalue weighted by molar-refractivity contribution is 0.0901. The van der Waals surface area contributed by atoms with Crippen LogP contribution in [-0.2, 0) is 15.6 Å². The number of ketones is 1. The number of benzene rings is 1. The van der Waals surface area contributed by atoms with Gasteiger partial charge in [0.15, 0.2) is 5.78 Å². The van der Waals surface area contributed by atoms with Crippen molar-refractivity contribution in [3.8, 4) is 0 Å². The summed E-state index contributed by atoms with van der Waals surface area (Å²) in [5, 5.41) is 0. The SMILES string of the molecule is Cc1cc(S(=O)(=O)N2CCN(CC(=O)c3cc(C)n(C(C)(C)C)c3C)CC2)ccc1F. The minimum atomic E-state index is -3.68. The fraction of sp³-hybridized carbons (Fsp3) is 0.522. The Labute approximate surface area is 184 Å². The van der Waals surface area contributed by atoms with Crippen molar-refractivity contribution in [1.29, 1.82) is 0 Å². The van der Waals surface area contributed by atoms with Crippen LogP contribution < -0.4 is 0 Å². The smallest absolute Gasteiger partial charge is 0.243 e. The van der Waals surface area contributed by atoms with Crippen LogP contribution in [0.4, 0.5) is 4.39 Å². The number of Topliss-reactive ketones (excluding diaryl/α,β-unsaturated/α-hetero) is 1. The number of carbonyl (C=O) groups is 1. The Hall–Kier alpha value is -2.03. The maximum absolute atomic E-state index is 13.5. The molecule has 0 aliphatic carbocycles. The highest BCUT2D eigenvalue weighted by Crippen LogP contribution is 2.25. The van der Waals surface area contributed by atoms with Gasteiger partial charge in [-0.15, -0.1) is 0 Å². The lowest BCUT2D eigenvalue weighted by Gasteiger charge is -2.33. The Morgan fingerprint density at radius 1 is 1.03 bits per heavy atom. The van der Waals surface area contributed by atoms with Crippen LogP contribution in [0.3, 0.4) is 0 Å². The van der Waals surface area contributed by atoms with E-state index in [0.29, 0.717) is 31.7 Å². The molecule has 8 heteroatoms. The normalized spacial score (nSPS) is 16.6. The molecule has 0 spiro atoms. The van der Waals surface area contributed by atoms with E-state index < -0.39 is 15.8 Å². The summed E-state index contributed by atoms with van der Waals surface area (Å²) in [6, 6.07) is 5.80. The van der Waals surface area contributed by atoms with Crippen LogP contribution in [0.15, 0.2) is 29.2 Å². The molecule has 2 aromatic rings. The molecular formula is C23H32FN3O3S. The number of aromatic nitrogens is 1. The first-order chi connectivity index (χ1) is 14.3. The maximum Gasteiger partial charge on any atom is 0.243 e. The highest BCUT2D eigenvalue weighted by Gasteiger charge is 2.30. The molecule has 0 unspecified atom stereocenters. The van der Waals surface area contributed by atoms with E-state index in [9.17, 15) is 17.6 Å². The molecule has 2 heterocycles. The van der Waals surface area contributed by atoms with Crippen LogP contribution in [0.1, 0.15) is 48.1 Å². The summed E-state index contributed by atoms with van der Waals surface area (Å²) >= 11 is 0. The third-order valence-corrected chi connectivity index (χ3v) is 7.76. The van der Waals surface area contributed by atoms with Crippen molar-refractivity contribution in [2.45, 2.75) is 52.0 Å². The zero-order chi connectivity index (χ0) is 23.1. The van der Waals surface area contributed by atoms with Gasteiger partial charge in [0.1, 0.15) is 5.82 Å². The summed E-state index contributed by atoms with van der Waals surface area (Å²) in [4.78, 5) is 15.1. The first-order valence-electron chi connectivity index (χ1n) is 10.5. The van der Waals surface area contributed by atoms with Crippen LogP contribution in [-0.4, -0.2) is 60.7 Å². The minimum Gasteiger partial charge on any atom is -0.343 e. The van der Waals surface area contributed by atoms with E-state index in [1.165, 1.54) is 22.5 Å². The summed E-state index contributed by atoms with van der Waals surface area (Å²) in [5.41, 5.74) is 2.94. The fourth-order valence-corrected chi connectivity index (χ4v) is 5.93. The predicted molar refractivity (Wildman–Crippen MR) is 120 cm³/mol. The van der Waals surface area contributed by atoms with E-state index in [1.807, 2.05) is 24.8 Å². The Morgan fingerprint density at radius 3 is 2.16 bits per heavy atom. The van der Waals surface area contributed by atoms with Crippen molar-refractivity contribution in [3.05, 3.63) is 52.6 Å². The van der Waals surface area contributed by atoms with E-state index in [4.69, 9.17) is 0 Å². The number of hydrogen-bond acceptors (Lipinski definition) is 4. The van der Waals surface area contributed by atoms with E-state index in [2.05, 4.69) is 25.3 Å². The lowest BCUT2D eigenvalue weighted by atomic mass is 10.1. The van der Waals surface area contributed by atoms with Gasteiger partial charge in [0.25, 0.3) is 0 Å². The van der Waals surface area contributed by atoms with Crippen molar-refractivity contribution < 1.29 is 17.6 Å². The molecule has 6 nitrogen and oxygen atoms in total. The van der Waals surface area contributed by atoms with E-state index >= 15 is 0 Å². The zero-order valence-corrected chi connectivity index (χ0v) is 20.0. The van der Waals surface area contributed by atoms with Crippen LogP contribution >= 0.6 is 0 Å². The van der Waals surface area contributed by atoms with Crippen molar-refractivity contribution in [2.75, 3.05) is 32.7 Å². The summed E-state index contributed by atoms with van der Waals surface area (Å²) < 4.78 is 42.9. The maximum atomic E-state index is 13.5. The van der Waals surface area contributed by atoms with E-state index in [0.717, 1.165) is 17.0 Å². The zero-order valence-electron chi connectivity index (χ0n) is 19.2. The van der Waals surface area contributed by atoms with Crippen molar-refractivity contribution in [2.24, 2.45) is 0 Å². The molecular weight excluding hydrogens is 417 g/mol. The molecule has 0 bridgehead atoms. The van der Waals surface area contributed by atoms with Gasteiger partial charge in [-0.3, -0.25) is 9.69 Å². The summed E-state index contributed by atoms with van der Waals surface area (Å²) in [6.07, 6.45) is 0. The minimum absolute atomic E-state index is 0.0501. The molecule has 1 aliphatic rings. The number of hydrogen-bond donors (Lipinski definition) is 0. The molecule has 0 amide bonds. The topological polar surface area (TPSA) is 62.6 Å². The van der Waals surface area contributed by atoms with Gasteiger partial charge in [0, 0.05) is 48.7 Å². The van der Waals surface area contributed by atoms with Gasteiger partial charge in [-0.2, -0.15) is 4.31 Å². The molecule has 1 aromatic heterocycles. The highest BCUT2D eigenvalue weighted by molar-refractivity contribution is 7.89. The van der Waals surface area contributed by atoms with Crippen molar-refractivity contribution >= 4 is 15.8 Å². The molecule has 1 fully saturated rings. The largest absolute Gasteiger partial charge is 0.343 e. The first kappa shape index (κ1) is 23.6. The molecule has 0 N–H and O–H groups in total. The summed E-state index contributed by atoms with van der Waals surface area (Å²) in [7, 11) is -3.68.